The van der Waals surface area contributed by atoms with Gasteiger partial charge in [0.2, 0.25) is 5.88 Å². The number of aromatic nitrogens is 2. The van der Waals surface area contributed by atoms with Crippen molar-refractivity contribution in [3.63, 3.8) is 0 Å². The second-order valence-corrected chi connectivity index (χ2v) is 4.49. The van der Waals surface area contributed by atoms with Crippen LogP contribution in [0, 0.1) is 18.6 Å². The number of aryl methyl sites for hydroxylation is 1. The zero-order chi connectivity index (χ0) is 15.4. The van der Waals surface area contributed by atoms with Gasteiger partial charge in [-0.05, 0) is 25.5 Å². The Labute approximate surface area is 121 Å². The van der Waals surface area contributed by atoms with Crippen molar-refractivity contribution < 1.29 is 13.5 Å². The van der Waals surface area contributed by atoms with Crippen molar-refractivity contribution in [2.24, 2.45) is 5.84 Å². The summed E-state index contributed by atoms with van der Waals surface area (Å²) in [7, 11) is 0. The lowest BCUT2D eigenvalue weighted by atomic mass is 10.2. The van der Waals surface area contributed by atoms with Crippen molar-refractivity contribution in [2.75, 3.05) is 5.43 Å². The van der Waals surface area contributed by atoms with Gasteiger partial charge in [-0.3, -0.25) is 0 Å². The molecule has 1 heterocycles. The molecule has 21 heavy (non-hydrogen) atoms. The van der Waals surface area contributed by atoms with E-state index in [1.165, 1.54) is 6.07 Å². The largest absolute Gasteiger partial charge is 0.435 e. The fraction of sp³-hybridized carbons (Fsp3) is 0.286. The highest BCUT2D eigenvalue weighted by atomic mass is 19.1. The highest BCUT2D eigenvalue weighted by molar-refractivity contribution is 5.48. The van der Waals surface area contributed by atoms with E-state index in [0.717, 1.165) is 18.6 Å². The molecule has 112 valence electrons. The molecule has 0 radical (unpaired) electrons. The number of ether oxygens (including phenoxy) is 1. The number of rotatable bonds is 5. The van der Waals surface area contributed by atoms with Crippen LogP contribution in [0.5, 0.6) is 11.6 Å². The van der Waals surface area contributed by atoms with Crippen molar-refractivity contribution in [3.05, 3.63) is 41.2 Å². The Hall–Kier alpha value is -2.28. The van der Waals surface area contributed by atoms with E-state index in [1.54, 1.807) is 6.92 Å². The lowest BCUT2D eigenvalue weighted by Crippen LogP contribution is -2.13. The molecular formula is C14H16F2N4O. The smallest absolute Gasteiger partial charge is 0.227 e. The van der Waals surface area contributed by atoms with Crippen LogP contribution in [0.2, 0.25) is 0 Å². The first-order valence-corrected chi connectivity index (χ1v) is 6.52. The summed E-state index contributed by atoms with van der Waals surface area (Å²) in [6.07, 6.45) is 1.48. The molecule has 0 unspecified atom stereocenters. The molecule has 1 aromatic heterocycles. The summed E-state index contributed by atoms with van der Waals surface area (Å²) in [6.45, 7) is 3.68. The Morgan fingerprint density at radius 1 is 1.29 bits per heavy atom. The van der Waals surface area contributed by atoms with E-state index in [4.69, 9.17) is 10.6 Å². The van der Waals surface area contributed by atoms with Crippen molar-refractivity contribution in [2.45, 2.75) is 26.7 Å². The number of halogens is 2. The van der Waals surface area contributed by atoms with Crippen molar-refractivity contribution >= 4 is 5.82 Å². The zero-order valence-corrected chi connectivity index (χ0v) is 11.8. The van der Waals surface area contributed by atoms with Crippen LogP contribution in [0.4, 0.5) is 14.6 Å². The van der Waals surface area contributed by atoms with E-state index in [0.29, 0.717) is 23.6 Å². The number of hydrogen-bond donors (Lipinski definition) is 2. The molecule has 7 heteroatoms. The van der Waals surface area contributed by atoms with E-state index >= 15 is 0 Å². The predicted molar refractivity (Wildman–Crippen MR) is 75.0 cm³/mol. The number of benzene rings is 1. The molecule has 0 aliphatic carbocycles. The topological polar surface area (TPSA) is 73.1 Å². The molecule has 0 bridgehead atoms. The van der Waals surface area contributed by atoms with Crippen molar-refractivity contribution in [1.29, 1.82) is 0 Å². The minimum absolute atomic E-state index is 0.108. The summed E-state index contributed by atoms with van der Waals surface area (Å²) in [4.78, 5) is 8.48. The Kier molecular flexibility index (Phi) is 4.64. The number of hydrazine groups is 1. The molecule has 0 saturated heterocycles. The van der Waals surface area contributed by atoms with Gasteiger partial charge in [0.05, 0.1) is 5.56 Å². The summed E-state index contributed by atoms with van der Waals surface area (Å²) in [6, 6.07) is 3.08. The maximum Gasteiger partial charge on any atom is 0.227 e. The number of nitrogen functional groups attached to an aromatic ring is 1. The fourth-order valence-corrected chi connectivity index (χ4v) is 1.78. The number of nitrogens with two attached hydrogens (primary N) is 1. The molecule has 0 aliphatic heterocycles. The third-order valence-corrected chi connectivity index (χ3v) is 2.86. The molecule has 0 atom stereocenters. The number of anilines is 1. The Bertz CT molecular complexity index is 649. The van der Waals surface area contributed by atoms with Gasteiger partial charge in [-0.25, -0.2) is 19.6 Å². The molecule has 5 nitrogen and oxygen atoms in total. The van der Waals surface area contributed by atoms with E-state index in [9.17, 15) is 8.78 Å². The van der Waals surface area contributed by atoms with Crippen LogP contribution in [0.25, 0.3) is 0 Å². The summed E-state index contributed by atoms with van der Waals surface area (Å²) >= 11 is 0. The van der Waals surface area contributed by atoms with Crippen LogP contribution in [-0.2, 0) is 6.42 Å². The molecule has 0 saturated carbocycles. The van der Waals surface area contributed by atoms with E-state index in [1.807, 2.05) is 6.92 Å². The van der Waals surface area contributed by atoms with Crippen LogP contribution >= 0.6 is 0 Å². The number of nitrogens with one attached hydrogen (secondary N) is 1. The summed E-state index contributed by atoms with van der Waals surface area (Å²) in [5.41, 5.74) is 3.00. The van der Waals surface area contributed by atoms with Gasteiger partial charge in [0.1, 0.15) is 17.5 Å². The highest BCUT2D eigenvalue weighted by Crippen LogP contribution is 2.29. The van der Waals surface area contributed by atoms with Crippen LogP contribution in [0.3, 0.4) is 0 Å². The Balaban J connectivity index is 2.40. The maximum atomic E-state index is 13.7. The quantitative estimate of drug-likeness (QED) is 0.655. The van der Waals surface area contributed by atoms with Gasteiger partial charge < -0.3 is 10.2 Å². The Morgan fingerprint density at radius 2 is 2.05 bits per heavy atom. The summed E-state index contributed by atoms with van der Waals surface area (Å²) < 4.78 is 32.0. The predicted octanol–water partition coefficient (Wildman–Crippen LogP) is 3.09. The lowest BCUT2D eigenvalue weighted by molar-refractivity contribution is 0.418. The SMILES string of the molecule is CCCc1nc(NN)c(C)c(Oc2ccc(F)cc2F)n1. The van der Waals surface area contributed by atoms with Gasteiger partial charge in [0.25, 0.3) is 0 Å². The van der Waals surface area contributed by atoms with Crippen LogP contribution in [0.1, 0.15) is 24.7 Å². The second kappa shape index (κ2) is 6.45. The first-order chi connectivity index (χ1) is 10.0. The molecule has 1 aromatic carbocycles. The summed E-state index contributed by atoms with van der Waals surface area (Å²) in [5.74, 6) is 4.96. The number of hydrogen-bond acceptors (Lipinski definition) is 5. The van der Waals surface area contributed by atoms with Gasteiger partial charge in [-0.1, -0.05) is 6.92 Å². The van der Waals surface area contributed by atoms with Crippen molar-refractivity contribution in [1.82, 2.24) is 9.97 Å². The average Bonchev–Trinajstić information content (AvgIpc) is 2.45. The first kappa shape index (κ1) is 15.1. The fourth-order valence-electron chi connectivity index (χ4n) is 1.78. The molecular weight excluding hydrogens is 278 g/mol. The molecule has 2 aromatic rings. The molecule has 0 amide bonds. The zero-order valence-electron chi connectivity index (χ0n) is 11.8. The maximum absolute atomic E-state index is 13.7. The van der Waals surface area contributed by atoms with Gasteiger partial charge in [-0.15, -0.1) is 0 Å². The van der Waals surface area contributed by atoms with Crippen molar-refractivity contribution in [3.8, 4) is 11.6 Å². The molecule has 0 aliphatic rings. The van der Waals surface area contributed by atoms with Gasteiger partial charge in [-0.2, -0.15) is 4.98 Å². The molecule has 3 N–H and O–H groups in total. The lowest BCUT2D eigenvalue weighted by Gasteiger charge is -2.13. The monoisotopic (exact) mass is 294 g/mol. The second-order valence-electron chi connectivity index (χ2n) is 4.49. The first-order valence-electron chi connectivity index (χ1n) is 6.52. The van der Waals surface area contributed by atoms with Crippen LogP contribution < -0.4 is 16.0 Å². The van der Waals surface area contributed by atoms with E-state index in [-0.39, 0.29) is 11.6 Å². The van der Waals surface area contributed by atoms with Gasteiger partial charge >= 0.3 is 0 Å². The highest BCUT2D eigenvalue weighted by Gasteiger charge is 2.14. The van der Waals surface area contributed by atoms with E-state index in [2.05, 4.69) is 15.4 Å². The standard InChI is InChI=1S/C14H16F2N4O/c1-3-4-12-18-13(20-17)8(2)14(19-12)21-11-6-5-9(15)7-10(11)16/h5-7H,3-4,17H2,1-2H3,(H,18,19,20). The van der Waals surface area contributed by atoms with Crippen LogP contribution in [-0.4, -0.2) is 9.97 Å². The number of nitrogens with zero attached hydrogens (tertiary/aromatic N) is 2. The third kappa shape index (κ3) is 3.43. The molecule has 2 rings (SSSR count). The minimum atomic E-state index is -0.799. The summed E-state index contributed by atoms with van der Waals surface area (Å²) in [5, 5.41) is 0. The normalized spacial score (nSPS) is 10.5. The Morgan fingerprint density at radius 3 is 2.67 bits per heavy atom. The molecule has 0 spiro atoms. The van der Waals surface area contributed by atoms with Gasteiger partial charge in [0, 0.05) is 12.5 Å². The third-order valence-electron chi connectivity index (χ3n) is 2.86. The van der Waals surface area contributed by atoms with E-state index < -0.39 is 11.6 Å². The molecule has 0 fully saturated rings. The van der Waals surface area contributed by atoms with Gasteiger partial charge in [0.15, 0.2) is 11.6 Å². The minimum Gasteiger partial charge on any atom is -0.435 e. The average molecular weight is 294 g/mol. The van der Waals surface area contributed by atoms with Crippen LogP contribution in [0.15, 0.2) is 18.2 Å².